The lowest BCUT2D eigenvalue weighted by Gasteiger charge is -2.37. The van der Waals surface area contributed by atoms with Gasteiger partial charge in [-0.05, 0) is 20.8 Å². The van der Waals surface area contributed by atoms with Gasteiger partial charge in [0.2, 0.25) is 0 Å². The molecule has 5 nitrogen and oxygen atoms in total. The van der Waals surface area contributed by atoms with Crippen LogP contribution in [0.2, 0.25) is 0 Å². The molecule has 1 amide bonds. The van der Waals surface area contributed by atoms with Crippen LogP contribution in [-0.4, -0.2) is 40.5 Å². The van der Waals surface area contributed by atoms with Gasteiger partial charge in [0.25, 0.3) is 0 Å². The lowest BCUT2D eigenvalue weighted by molar-refractivity contribution is -0.0639. The Balaban J connectivity index is 1.86. The molecule has 102 valence electrons. The number of oxime groups is 1. The normalized spacial score (nSPS) is 22.7. The molecule has 0 aromatic heterocycles. The molecule has 0 radical (unpaired) electrons. The Morgan fingerprint density at radius 1 is 1.44 bits per heavy atom. The maximum atomic E-state index is 11.9. The summed E-state index contributed by atoms with van der Waals surface area (Å²) in [6, 6.07) is 0. The molecule has 0 aromatic rings. The van der Waals surface area contributed by atoms with Crippen LogP contribution >= 0.6 is 11.6 Å². The van der Waals surface area contributed by atoms with E-state index in [1.54, 1.807) is 4.90 Å². The van der Waals surface area contributed by atoms with Crippen molar-refractivity contribution in [3.05, 3.63) is 0 Å². The number of rotatable bonds is 0. The maximum absolute atomic E-state index is 11.9. The molecule has 1 spiro atoms. The largest absolute Gasteiger partial charge is 0.444 e. The SMILES string of the molecule is CC(C)(C)OC(=O)N1CCC2(CC1)CC(Cl)=NO2. The zero-order valence-corrected chi connectivity index (χ0v) is 11.8. The molecule has 0 N–H and O–H groups in total. The number of nitrogens with zero attached hydrogens (tertiary/aromatic N) is 2. The lowest BCUT2D eigenvalue weighted by Crippen LogP contribution is -2.48. The Morgan fingerprint density at radius 2 is 2.06 bits per heavy atom. The third-order valence-corrected chi connectivity index (χ3v) is 3.34. The van der Waals surface area contributed by atoms with Crippen LogP contribution in [0.1, 0.15) is 40.0 Å². The standard InChI is InChI=1S/C12H19ClN2O3/c1-11(2,3)17-10(16)15-6-4-12(5-7-15)8-9(13)14-18-12/h4-8H2,1-3H3. The summed E-state index contributed by atoms with van der Waals surface area (Å²) in [5, 5.41) is 4.30. The number of ether oxygens (including phenoxy) is 1. The van der Waals surface area contributed by atoms with E-state index in [9.17, 15) is 4.79 Å². The highest BCUT2D eigenvalue weighted by Gasteiger charge is 2.43. The van der Waals surface area contributed by atoms with Crippen molar-refractivity contribution in [2.45, 2.75) is 51.2 Å². The molecule has 1 saturated heterocycles. The van der Waals surface area contributed by atoms with Gasteiger partial charge in [-0.2, -0.15) is 0 Å². The fraction of sp³-hybridized carbons (Fsp3) is 0.833. The Hall–Kier alpha value is -0.970. The van der Waals surface area contributed by atoms with Gasteiger partial charge >= 0.3 is 6.09 Å². The maximum Gasteiger partial charge on any atom is 0.410 e. The van der Waals surface area contributed by atoms with Crippen molar-refractivity contribution in [2.24, 2.45) is 5.16 Å². The Kier molecular flexibility index (Phi) is 3.45. The van der Waals surface area contributed by atoms with Crippen molar-refractivity contribution >= 4 is 22.9 Å². The molecule has 2 aliphatic rings. The van der Waals surface area contributed by atoms with E-state index in [4.69, 9.17) is 21.2 Å². The van der Waals surface area contributed by atoms with Gasteiger partial charge in [-0.15, -0.1) is 0 Å². The highest BCUT2D eigenvalue weighted by atomic mass is 35.5. The van der Waals surface area contributed by atoms with Gasteiger partial charge in [-0.25, -0.2) is 4.79 Å². The predicted octanol–water partition coefficient (Wildman–Crippen LogP) is 2.73. The molecule has 1 fully saturated rings. The lowest BCUT2D eigenvalue weighted by atomic mass is 9.89. The average Bonchev–Trinajstić information content (AvgIpc) is 2.58. The molecule has 0 saturated carbocycles. The zero-order valence-electron chi connectivity index (χ0n) is 11.0. The van der Waals surface area contributed by atoms with E-state index in [-0.39, 0.29) is 11.7 Å². The molecule has 0 aromatic carbocycles. The first-order chi connectivity index (χ1) is 8.30. The van der Waals surface area contributed by atoms with E-state index < -0.39 is 5.60 Å². The second-order valence-corrected chi connectivity index (χ2v) is 6.32. The summed E-state index contributed by atoms with van der Waals surface area (Å²) in [7, 11) is 0. The summed E-state index contributed by atoms with van der Waals surface area (Å²) in [6.45, 7) is 6.83. The fourth-order valence-electron chi connectivity index (χ4n) is 2.17. The zero-order chi connectivity index (χ0) is 13.4. The van der Waals surface area contributed by atoms with Crippen molar-refractivity contribution in [2.75, 3.05) is 13.1 Å². The molecular formula is C12H19ClN2O3. The van der Waals surface area contributed by atoms with Gasteiger partial charge < -0.3 is 14.5 Å². The number of carbonyl (C=O) groups is 1. The van der Waals surface area contributed by atoms with Crippen LogP contribution < -0.4 is 0 Å². The summed E-state index contributed by atoms with van der Waals surface area (Å²) in [4.78, 5) is 19.0. The molecule has 0 unspecified atom stereocenters. The summed E-state index contributed by atoms with van der Waals surface area (Å²) >= 11 is 5.84. The highest BCUT2D eigenvalue weighted by Crippen LogP contribution is 2.35. The number of carbonyl (C=O) groups excluding carboxylic acids is 1. The molecule has 2 heterocycles. The molecule has 0 atom stereocenters. The second kappa shape index (κ2) is 4.61. The van der Waals surface area contributed by atoms with Crippen LogP contribution in [0.4, 0.5) is 4.79 Å². The molecule has 0 aliphatic carbocycles. The van der Waals surface area contributed by atoms with Crippen molar-refractivity contribution < 1.29 is 14.4 Å². The minimum Gasteiger partial charge on any atom is -0.444 e. The molecule has 2 rings (SSSR count). The second-order valence-electron chi connectivity index (χ2n) is 5.89. The van der Waals surface area contributed by atoms with Crippen LogP contribution in [0, 0.1) is 0 Å². The molecule has 0 bridgehead atoms. The van der Waals surface area contributed by atoms with Crippen LogP contribution in [0.3, 0.4) is 0 Å². The first kappa shape index (κ1) is 13.5. The van der Waals surface area contributed by atoms with Crippen LogP contribution in [0.15, 0.2) is 5.16 Å². The Bertz CT molecular complexity index is 368. The van der Waals surface area contributed by atoms with Gasteiger partial charge in [0, 0.05) is 32.4 Å². The van der Waals surface area contributed by atoms with Gasteiger partial charge in [-0.3, -0.25) is 0 Å². The van der Waals surface area contributed by atoms with Crippen LogP contribution in [-0.2, 0) is 9.57 Å². The third kappa shape index (κ3) is 3.07. The summed E-state index contributed by atoms with van der Waals surface area (Å²) < 4.78 is 5.34. The third-order valence-electron chi connectivity index (χ3n) is 3.13. The van der Waals surface area contributed by atoms with Crippen molar-refractivity contribution in [1.29, 1.82) is 0 Å². The minimum absolute atomic E-state index is 0.262. The first-order valence-corrected chi connectivity index (χ1v) is 6.56. The van der Waals surface area contributed by atoms with E-state index in [0.29, 0.717) is 24.7 Å². The van der Waals surface area contributed by atoms with E-state index in [1.807, 2.05) is 20.8 Å². The first-order valence-electron chi connectivity index (χ1n) is 6.18. The molecular weight excluding hydrogens is 256 g/mol. The topological polar surface area (TPSA) is 51.1 Å². The number of hydrogen-bond donors (Lipinski definition) is 0. The smallest absolute Gasteiger partial charge is 0.410 e. The van der Waals surface area contributed by atoms with Gasteiger partial charge in [-0.1, -0.05) is 16.8 Å². The van der Waals surface area contributed by atoms with E-state index in [0.717, 1.165) is 12.8 Å². The summed E-state index contributed by atoms with van der Waals surface area (Å²) in [6.07, 6.45) is 1.87. The fourth-order valence-corrected chi connectivity index (χ4v) is 2.45. The predicted molar refractivity (Wildman–Crippen MR) is 68.8 cm³/mol. The minimum atomic E-state index is -0.456. The summed E-state index contributed by atoms with van der Waals surface area (Å²) in [5.41, 5.74) is -0.752. The van der Waals surface area contributed by atoms with Gasteiger partial charge in [0.1, 0.15) is 16.4 Å². The Labute approximate surface area is 112 Å². The van der Waals surface area contributed by atoms with Crippen molar-refractivity contribution in [3.63, 3.8) is 0 Å². The van der Waals surface area contributed by atoms with E-state index in [2.05, 4.69) is 5.16 Å². The monoisotopic (exact) mass is 274 g/mol. The van der Waals surface area contributed by atoms with Gasteiger partial charge in [0.15, 0.2) is 0 Å². The highest BCUT2D eigenvalue weighted by molar-refractivity contribution is 6.65. The van der Waals surface area contributed by atoms with Gasteiger partial charge in [0.05, 0.1) is 0 Å². The van der Waals surface area contributed by atoms with Crippen molar-refractivity contribution in [3.8, 4) is 0 Å². The number of likely N-dealkylation sites (tertiary alicyclic amines) is 1. The average molecular weight is 275 g/mol. The summed E-state index contributed by atoms with van der Waals surface area (Å²) in [5.74, 6) is 0. The van der Waals surface area contributed by atoms with Crippen LogP contribution in [0.5, 0.6) is 0 Å². The molecule has 18 heavy (non-hydrogen) atoms. The van der Waals surface area contributed by atoms with E-state index in [1.165, 1.54) is 0 Å². The van der Waals surface area contributed by atoms with E-state index >= 15 is 0 Å². The number of piperidine rings is 1. The number of hydrogen-bond acceptors (Lipinski definition) is 4. The van der Waals surface area contributed by atoms with Crippen molar-refractivity contribution in [1.82, 2.24) is 4.90 Å². The number of halogens is 1. The Morgan fingerprint density at radius 3 is 2.50 bits per heavy atom. The van der Waals surface area contributed by atoms with Crippen LogP contribution in [0.25, 0.3) is 0 Å². The molecule has 6 heteroatoms. The molecule has 2 aliphatic heterocycles. The quantitative estimate of drug-likeness (QED) is 0.682. The number of amides is 1.